The highest BCUT2D eigenvalue weighted by Gasteiger charge is 2.31. The van der Waals surface area contributed by atoms with Gasteiger partial charge >= 0.3 is 5.97 Å². The Balaban J connectivity index is 2.29. The first kappa shape index (κ1) is 18.4. The minimum atomic E-state index is -3.60. The predicted molar refractivity (Wildman–Crippen MR) is 86.7 cm³/mol. The maximum atomic E-state index is 12.8. The van der Waals surface area contributed by atoms with Crippen molar-refractivity contribution < 1.29 is 27.9 Å². The number of carboxylic acid groups (broad SMARTS) is 1. The van der Waals surface area contributed by atoms with Gasteiger partial charge in [-0.3, -0.25) is 9.59 Å². The summed E-state index contributed by atoms with van der Waals surface area (Å²) in [6, 6.07) is 6.11. The molecule has 1 aliphatic heterocycles. The molecule has 1 atom stereocenters. The molecule has 1 aromatic carbocycles. The van der Waals surface area contributed by atoms with Gasteiger partial charge in [-0.15, -0.1) is 0 Å². The average Bonchev–Trinajstić information content (AvgIpc) is 2.53. The van der Waals surface area contributed by atoms with Crippen molar-refractivity contribution in [2.24, 2.45) is 0 Å². The Labute approximate surface area is 141 Å². The number of sulfone groups is 1. The number of carboxylic acids is 1. The van der Waals surface area contributed by atoms with Crippen LogP contribution in [0.5, 0.6) is 0 Å². The number of amides is 1. The molecule has 1 unspecified atom stereocenters. The molecule has 2 rings (SSSR count). The van der Waals surface area contributed by atoms with Crippen molar-refractivity contribution in [3.8, 4) is 0 Å². The lowest BCUT2D eigenvalue weighted by Crippen LogP contribution is -2.46. The molecular formula is C16H21NO6S. The molecule has 0 radical (unpaired) electrons. The van der Waals surface area contributed by atoms with E-state index in [2.05, 4.69) is 0 Å². The van der Waals surface area contributed by atoms with Crippen molar-refractivity contribution in [3.63, 3.8) is 0 Å². The number of carbonyl (C=O) groups is 2. The maximum absolute atomic E-state index is 12.8. The number of nitrogens with zero attached hydrogens (tertiary/aromatic N) is 1. The van der Waals surface area contributed by atoms with Crippen LogP contribution in [-0.2, 0) is 19.4 Å². The van der Waals surface area contributed by atoms with E-state index < -0.39 is 33.1 Å². The monoisotopic (exact) mass is 355 g/mol. The Hall–Kier alpha value is -1.93. The maximum Gasteiger partial charge on any atom is 0.306 e. The van der Waals surface area contributed by atoms with Crippen LogP contribution in [0.25, 0.3) is 0 Å². The summed E-state index contributed by atoms with van der Waals surface area (Å²) in [5, 5.41) is 8.21. The molecule has 7 nitrogen and oxygen atoms in total. The molecule has 0 aromatic heterocycles. The highest BCUT2D eigenvalue weighted by Crippen LogP contribution is 2.23. The molecule has 1 aromatic rings. The summed E-state index contributed by atoms with van der Waals surface area (Å²) in [5.41, 5.74) is 0.113. The Kier molecular flexibility index (Phi) is 5.61. The lowest BCUT2D eigenvalue weighted by Gasteiger charge is -2.32. The molecule has 1 saturated heterocycles. The quantitative estimate of drug-likeness (QED) is 0.851. The van der Waals surface area contributed by atoms with Gasteiger partial charge in [0.2, 0.25) is 0 Å². The van der Waals surface area contributed by atoms with E-state index in [0.717, 1.165) is 0 Å². The summed E-state index contributed by atoms with van der Waals surface area (Å²) in [5.74, 6) is -1.43. The van der Waals surface area contributed by atoms with Crippen LogP contribution in [0, 0.1) is 0 Å². The zero-order valence-corrected chi connectivity index (χ0v) is 14.5. The van der Waals surface area contributed by atoms with Crippen LogP contribution in [0.4, 0.5) is 0 Å². The van der Waals surface area contributed by atoms with Crippen LogP contribution in [0.15, 0.2) is 29.2 Å². The van der Waals surface area contributed by atoms with Gasteiger partial charge < -0.3 is 14.7 Å². The third-order valence-electron chi connectivity index (χ3n) is 3.87. The lowest BCUT2D eigenvalue weighted by atomic mass is 10.1. The molecule has 1 N–H and O–H groups in total. The van der Waals surface area contributed by atoms with Gasteiger partial charge in [0, 0.05) is 13.1 Å². The minimum absolute atomic E-state index is 0.00581. The van der Waals surface area contributed by atoms with E-state index in [4.69, 9.17) is 9.84 Å². The van der Waals surface area contributed by atoms with Crippen LogP contribution >= 0.6 is 0 Å². The molecule has 0 saturated carbocycles. The number of hydrogen-bond acceptors (Lipinski definition) is 5. The van der Waals surface area contributed by atoms with Gasteiger partial charge in [-0.2, -0.15) is 0 Å². The molecule has 0 bridgehead atoms. The van der Waals surface area contributed by atoms with E-state index in [1.54, 1.807) is 26.0 Å². The molecule has 1 amide bonds. The van der Waals surface area contributed by atoms with E-state index in [-0.39, 0.29) is 30.0 Å². The van der Waals surface area contributed by atoms with Gasteiger partial charge in [0.1, 0.15) is 0 Å². The third kappa shape index (κ3) is 3.93. The van der Waals surface area contributed by atoms with Crippen LogP contribution < -0.4 is 0 Å². The molecule has 0 spiro atoms. The Bertz CT molecular complexity index is 728. The molecule has 24 heavy (non-hydrogen) atoms. The predicted octanol–water partition coefficient (Wildman–Crippen LogP) is 1.18. The lowest BCUT2D eigenvalue weighted by molar-refractivity contribution is -0.141. The van der Waals surface area contributed by atoms with Crippen LogP contribution in [-0.4, -0.2) is 61.4 Å². The van der Waals surface area contributed by atoms with Crippen molar-refractivity contribution in [2.75, 3.05) is 19.7 Å². The fraction of sp³-hybridized carbons (Fsp3) is 0.500. The summed E-state index contributed by atoms with van der Waals surface area (Å²) in [6.07, 6.45) is -0.788. The van der Waals surface area contributed by atoms with Crippen LogP contribution in [0.1, 0.15) is 30.6 Å². The number of morpholine rings is 1. The highest BCUT2D eigenvalue weighted by atomic mass is 32.2. The Morgan fingerprint density at radius 3 is 2.62 bits per heavy atom. The fourth-order valence-electron chi connectivity index (χ4n) is 2.54. The van der Waals surface area contributed by atoms with Gasteiger partial charge in [0.15, 0.2) is 9.84 Å². The first-order valence-corrected chi connectivity index (χ1v) is 9.23. The zero-order valence-electron chi connectivity index (χ0n) is 13.6. The zero-order chi connectivity index (χ0) is 17.9. The largest absolute Gasteiger partial charge is 0.481 e. The first-order valence-electron chi connectivity index (χ1n) is 7.69. The molecular weight excluding hydrogens is 334 g/mol. The molecule has 0 aliphatic carbocycles. The molecule has 1 fully saturated rings. The number of carbonyl (C=O) groups excluding carboxylic acids is 1. The number of rotatable bonds is 5. The van der Waals surface area contributed by atoms with E-state index in [1.807, 2.05) is 0 Å². The minimum Gasteiger partial charge on any atom is -0.481 e. The van der Waals surface area contributed by atoms with E-state index in [1.165, 1.54) is 17.0 Å². The van der Waals surface area contributed by atoms with Crippen molar-refractivity contribution in [1.82, 2.24) is 4.90 Å². The highest BCUT2D eigenvalue weighted by molar-refractivity contribution is 7.92. The first-order chi connectivity index (χ1) is 11.2. The van der Waals surface area contributed by atoms with Crippen molar-refractivity contribution >= 4 is 21.7 Å². The average molecular weight is 355 g/mol. The number of aliphatic carboxylic acids is 1. The Morgan fingerprint density at radius 2 is 2.00 bits per heavy atom. The van der Waals surface area contributed by atoms with Crippen LogP contribution in [0.3, 0.4) is 0 Å². The van der Waals surface area contributed by atoms with Crippen molar-refractivity contribution in [3.05, 3.63) is 29.8 Å². The van der Waals surface area contributed by atoms with Crippen molar-refractivity contribution in [1.29, 1.82) is 0 Å². The summed E-state index contributed by atoms with van der Waals surface area (Å²) in [7, 11) is -3.60. The van der Waals surface area contributed by atoms with Gasteiger partial charge in [-0.25, -0.2) is 8.42 Å². The fourth-order valence-corrected chi connectivity index (χ4v) is 3.78. The van der Waals surface area contributed by atoms with Gasteiger partial charge in [0.25, 0.3) is 5.91 Å². The Morgan fingerprint density at radius 1 is 1.33 bits per heavy atom. The summed E-state index contributed by atoms with van der Waals surface area (Å²) in [4.78, 5) is 25.0. The van der Waals surface area contributed by atoms with Gasteiger partial charge in [0.05, 0.1) is 34.8 Å². The van der Waals surface area contributed by atoms with Gasteiger partial charge in [-0.05, 0) is 26.0 Å². The number of benzene rings is 1. The second kappa shape index (κ2) is 7.31. The van der Waals surface area contributed by atoms with Crippen LogP contribution in [0.2, 0.25) is 0 Å². The molecule has 132 valence electrons. The third-order valence-corrected chi connectivity index (χ3v) is 6.08. The standard InChI is InChI=1S/C16H21NO6S/c1-11(2)24(21,22)14-6-4-3-5-13(14)16(20)17-7-8-23-12(10-17)9-15(18)19/h3-6,11-12H,7-10H2,1-2H3,(H,18,19). The molecule has 8 heteroatoms. The normalized spacial score (nSPS) is 18.6. The molecule has 1 aliphatic rings. The second-order valence-electron chi connectivity index (χ2n) is 5.93. The van der Waals surface area contributed by atoms with E-state index in [0.29, 0.717) is 6.54 Å². The topological polar surface area (TPSA) is 101 Å². The second-order valence-corrected chi connectivity index (χ2v) is 8.40. The van der Waals surface area contributed by atoms with Crippen molar-refractivity contribution in [2.45, 2.75) is 36.5 Å². The van der Waals surface area contributed by atoms with E-state index >= 15 is 0 Å². The van der Waals surface area contributed by atoms with Gasteiger partial charge in [-0.1, -0.05) is 12.1 Å². The number of hydrogen-bond donors (Lipinski definition) is 1. The molecule has 1 heterocycles. The SMILES string of the molecule is CC(C)S(=O)(=O)c1ccccc1C(=O)N1CCOC(CC(=O)O)C1. The summed E-state index contributed by atoms with van der Waals surface area (Å²) < 4.78 is 30.3. The van der Waals surface area contributed by atoms with E-state index in [9.17, 15) is 18.0 Å². The summed E-state index contributed by atoms with van der Waals surface area (Å²) >= 11 is 0. The summed E-state index contributed by atoms with van der Waals surface area (Å²) in [6.45, 7) is 3.78. The number of ether oxygens (including phenoxy) is 1. The smallest absolute Gasteiger partial charge is 0.306 e.